The number of hydrogen-bond donors (Lipinski definition) is 3. The SMILES string of the molecule is CCC(C)NC(=O)c1cc(NCCc2ccc(S(N)(=O)=O)cc2)ccn1. The molecule has 0 bridgehead atoms. The van der Waals surface area contributed by atoms with E-state index in [0.717, 1.165) is 17.7 Å². The van der Waals surface area contributed by atoms with Crippen molar-refractivity contribution in [1.82, 2.24) is 10.3 Å². The summed E-state index contributed by atoms with van der Waals surface area (Å²) in [5.74, 6) is -0.193. The van der Waals surface area contributed by atoms with Crippen molar-refractivity contribution < 1.29 is 13.2 Å². The number of hydrogen-bond acceptors (Lipinski definition) is 5. The summed E-state index contributed by atoms with van der Waals surface area (Å²) in [7, 11) is -3.67. The third kappa shape index (κ3) is 5.82. The van der Waals surface area contributed by atoms with Crippen LogP contribution in [0.4, 0.5) is 5.69 Å². The van der Waals surface area contributed by atoms with Crippen LogP contribution in [-0.2, 0) is 16.4 Å². The second-order valence-corrected chi connectivity index (χ2v) is 7.64. The minimum Gasteiger partial charge on any atom is -0.385 e. The van der Waals surface area contributed by atoms with Crippen LogP contribution in [-0.4, -0.2) is 31.9 Å². The van der Waals surface area contributed by atoms with Crippen molar-refractivity contribution in [2.45, 2.75) is 37.6 Å². The molecule has 0 aliphatic heterocycles. The summed E-state index contributed by atoms with van der Waals surface area (Å²) < 4.78 is 22.5. The van der Waals surface area contributed by atoms with Crippen LogP contribution in [0.5, 0.6) is 0 Å². The average Bonchev–Trinajstić information content (AvgIpc) is 2.61. The molecule has 1 amide bonds. The van der Waals surface area contributed by atoms with E-state index < -0.39 is 10.0 Å². The van der Waals surface area contributed by atoms with Crippen molar-refractivity contribution in [3.63, 3.8) is 0 Å². The Kier molecular flexibility index (Phi) is 6.70. The lowest BCUT2D eigenvalue weighted by atomic mass is 10.1. The van der Waals surface area contributed by atoms with Gasteiger partial charge in [-0.15, -0.1) is 0 Å². The summed E-state index contributed by atoms with van der Waals surface area (Å²) in [4.78, 5) is 16.3. The van der Waals surface area contributed by atoms with Gasteiger partial charge in [0.25, 0.3) is 5.91 Å². The minimum absolute atomic E-state index is 0.0975. The molecule has 0 saturated carbocycles. The van der Waals surface area contributed by atoms with Crippen LogP contribution in [0.2, 0.25) is 0 Å². The first-order valence-electron chi connectivity index (χ1n) is 8.42. The number of amides is 1. The minimum atomic E-state index is -3.67. The van der Waals surface area contributed by atoms with Gasteiger partial charge in [0.15, 0.2) is 0 Å². The van der Waals surface area contributed by atoms with Gasteiger partial charge in [0, 0.05) is 24.5 Å². The zero-order valence-electron chi connectivity index (χ0n) is 14.9. The van der Waals surface area contributed by atoms with E-state index in [2.05, 4.69) is 15.6 Å². The highest BCUT2D eigenvalue weighted by Gasteiger charge is 2.10. The molecule has 0 radical (unpaired) electrons. The number of aromatic nitrogens is 1. The largest absolute Gasteiger partial charge is 0.385 e. The molecule has 26 heavy (non-hydrogen) atoms. The lowest BCUT2D eigenvalue weighted by Gasteiger charge is -2.12. The van der Waals surface area contributed by atoms with E-state index in [4.69, 9.17) is 5.14 Å². The second-order valence-electron chi connectivity index (χ2n) is 6.08. The Labute approximate surface area is 154 Å². The van der Waals surface area contributed by atoms with Crippen LogP contribution in [0, 0.1) is 0 Å². The molecule has 4 N–H and O–H groups in total. The number of primary sulfonamides is 1. The maximum atomic E-state index is 12.1. The average molecular weight is 376 g/mol. The first-order valence-corrected chi connectivity index (χ1v) is 9.96. The number of carbonyl (C=O) groups excluding carboxylic acids is 1. The number of nitrogens with two attached hydrogens (primary N) is 1. The van der Waals surface area contributed by atoms with Crippen molar-refractivity contribution in [1.29, 1.82) is 0 Å². The van der Waals surface area contributed by atoms with Crippen molar-refractivity contribution in [2.24, 2.45) is 5.14 Å². The lowest BCUT2D eigenvalue weighted by Crippen LogP contribution is -2.32. The van der Waals surface area contributed by atoms with Crippen LogP contribution in [0.1, 0.15) is 36.3 Å². The van der Waals surface area contributed by atoms with Gasteiger partial charge in [-0.3, -0.25) is 9.78 Å². The number of nitrogens with zero attached hydrogens (tertiary/aromatic N) is 1. The third-order valence-corrected chi connectivity index (χ3v) is 4.91. The molecular formula is C18H24N4O3S. The Balaban J connectivity index is 1.92. The number of rotatable bonds is 8. The molecule has 7 nitrogen and oxygen atoms in total. The monoisotopic (exact) mass is 376 g/mol. The quantitative estimate of drug-likeness (QED) is 0.651. The smallest absolute Gasteiger partial charge is 0.270 e. The molecule has 0 saturated heterocycles. The fourth-order valence-electron chi connectivity index (χ4n) is 2.26. The highest BCUT2D eigenvalue weighted by atomic mass is 32.2. The molecule has 1 unspecified atom stereocenters. The first kappa shape index (κ1) is 19.9. The molecule has 1 heterocycles. The van der Waals surface area contributed by atoms with Crippen molar-refractivity contribution >= 4 is 21.6 Å². The van der Waals surface area contributed by atoms with Gasteiger partial charge in [-0.2, -0.15) is 0 Å². The first-order chi connectivity index (χ1) is 12.3. The van der Waals surface area contributed by atoms with Crippen molar-refractivity contribution in [2.75, 3.05) is 11.9 Å². The molecule has 0 aliphatic rings. The number of pyridine rings is 1. The Hall–Kier alpha value is -2.45. The summed E-state index contributed by atoms with van der Waals surface area (Å²) in [5, 5.41) is 11.2. The Morgan fingerprint density at radius 3 is 2.54 bits per heavy atom. The zero-order valence-corrected chi connectivity index (χ0v) is 15.7. The van der Waals surface area contributed by atoms with E-state index in [1.807, 2.05) is 13.8 Å². The van der Waals surface area contributed by atoms with Crippen LogP contribution in [0.3, 0.4) is 0 Å². The molecule has 2 aromatic rings. The summed E-state index contributed by atoms with van der Waals surface area (Å²) in [5.41, 5.74) is 2.15. The molecule has 8 heteroatoms. The van der Waals surface area contributed by atoms with Crippen molar-refractivity contribution in [3.05, 3.63) is 53.9 Å². The predicted octanol–water partition coefficient (Wildman–Crippen LogP) is 1.91. The molecule has 0 fully saturated rings. The summed E-state index contributed by atoms with van der Waals surface area (Å²) in [6.45, 7) is 4.58. The molecule has 2 rings (SSSR count). The molecule has 0 aliphatic carbocycles. The van der Waals surface area contributed by atoms with Gasteiger partial charge >= 0.3 is 0 Å². The van der Waals surface area contributed by atoms with E-state index in [1.165, 1.54) is 12.1 Å². The van der Waals surface area contributed by atoms with Crippen LogP contribution < -0.4 is 15.8 Å². The highest BCUT2D eigenvalue weighted by molar-refractivity contribution is 7.89. The van der Waals surface area contributed by atoms with Crippen molar-refractivity contribution in [3.8, 4) is 0 Å². The highest BCUT2D eigenvalue weighted by Crippen LogP contribution is 2.11. The van der Waals surface area contributed by atoms with Gasteiger partial charge in [0.2, 0.25) is 10.0 Å². The lowest BCUT2D eigenvalue weighted by molar-refractivity contribution is 0.0934. The van der Waals surface area contributed by atoms with E-state index in [1.54, 1.807) is 30.5 Å². The summed E-state index contributed by atoms with van der Waals surface area (Å²) >= 11 is 0. The van der Waals surface area contributed by atoms with E-state index in [-0.39, 0.29) is 16.8 Å². The number of sulfonamides is 1. The van der Waals surface area contributed by atoms with Crippen LogP contribution in [0.25, 0.3) is 0 Å². The second kappa shape index (κ2) is 8.77. The number of anilines is 1. The fourth-order valence-corrected chi connectivity index (χ4v) is 2.78. The Bertz CT molecular complexity index is 851. The summed E-state index contributed by atoms with van der Waals surface area (Å²) in [6.07, 6.45) is 3.14. The van der Waals surface area contributed by atoms with E-state index in [9.17, 15) is 13.2 Å². The molecular weight excluding hydrogens is 352 g/mol. The third-order valence-electron chi connectivity index (χ3n) is 3.98. The van der Waals surface area contributed by atoms with Gasteiger partial charge in [-0.25, -0.2) is 13.6 Å². The van der Waals surface area contributed by atoms with Crippen LogP contribution in [0.15, 0.2) is 47.5 Å². The van der Waals surface area contributed by atoms with E-state index in [0.29, 0.717) is 18.7 Å². The molecule has 140 valence electrons. The van der Waals surface area contributed by atoms with E-state index >= 15 is 0 Å². The maximum Gasteiger partial charge on any atom is 0.270 e. The summed E-state index contributed by atoms with van der Waals surface area (Å²) in [6, 6.07) is 10.1. The maximum absolute atomic E-state index is 12.1. The molecule has 0 spiro atoms. The number of benzene rings is 1. The van der Waals surface area contributed by atoms with Gasteiger partial charge < -0.3 is 10.6 Å². The molecule has 1 aromatic heterocycles. The fraction of sp³-hybridized carbons (Fsp3) is 0.333. The van der Waals surface area contributed by atoms with Gasteiger partial charge in [0.1, 0.15) is 5.69 Å². The van der Waals surface area contributed by atoms with Crippen LogP contribution >= 0.6 is 0 Å². The number of carbonyl (C=O) groups is 1. The van der Waals surface area contributed by atoms with Gasteiger partial charge in [-0.05, 0) is 49.6 Å². The Morgan fingerprint density at radius 2 is 1.92 bits per heavy atom. The standard InChI is InChI=1S/C18H24N4O3S/c1-3-13(2)22-18(23)17-12-15(9-11-21-17)20-10-8-14-4-6-16(7-5-14)26(19,24)25/h4-7,9,11-13H,3,8,10H2,1-2H3,(H,20,21)(H,22,23)(H2,19,24,25). The molecule has 1 aromatic carbocycles. The number of nitrogens with one attached hydrogen (secondary N) is 2. The normalized spacial score (nSPS) is 12.4. The Morgan fingerprint density at radius 1 is 1.23 bits per heavy atom. The molecule has 1 atom stereocenters. The topological polar surface area (TPSA) is 114 Å². The van der Waals surface area contributed by atoms with Gasteiger partial charge in [-0.1, -0.05) is 19.1 Å². The van der Waals surface area contributed by atoms with Gasteiger partial charge in [0.05, 0.1) is 4.90 Å². The predicted molar refractivity (Wildman–Crippen MR) is 101 cm³/mol. The zero-order chi connectivity index (χ0) is 19.2.